The summed E-state index contributed by atoms with van der Waals surface area (Å²) >= 11 is 0. The molecular weight excluding hydrogens is 852 g/mol. The molecule has 0 radical (unpaired) electrons. The van der Waals surface area contributed by atoms with E-state index in [2.05, 4.69) is 26.0 Å². The van der Waals surface area contributed by atoms with Gasteiger partial charge in [0.15, 0.2) is 6.10 Å². The number of hydrogen-bond acceptors (Lipinski definition) is 12. The highest BCUT2D eigenvalue weighted by Gasteiger charge is 2.51. The number of phosphoric acid groups is 1. The molecule has 6 N–H and O–H groups in total. The number of esters is 2. The molecule has 0 amide bonds. The largest absolute Gasteiger partial charge is 0.472 e. The Morgan fingerprint density at radius 2 is 0.785 bits per heavy atom. The summed E-state index contributed by atoms with van der Waals surface area (Å²) in [6, 6.07) is 0. The van der Waals surface area contributed by atoms with Crippen LogP contribution in [0.15, 0.2) is 12.2 Å². The molecule has 6 unspecified atom stereocenters. The summed E-state index contributed by atoms with van der Waals surface area (Å²) in [7, 11) is -5.12. The minimum atomic E-state index is -5.12. The van der Waals surface area contributed by atoms with Gasteiger partial charge in [-0.25, -0.2) is 4.57 Å². The van der Waals surface area contributed by atoms with Crippen LogP contribution in [-0.2, 0) is 32.7 Å². The monoisotopic (exact) mass is 949 g/mol. The summed E-state index contributed by atoms with van der Waals surface area (Å²) in [5.74, 6) is -1.09. The van der Waals surface area contributed by atoms with E-state index in [1.165, 1.54) is 148 Å². The number of carbonyl (C=O) groups excluding carboxylic acids is 2. The first-order chi connectivity index (χ1) is 31.4. The first-order valence-electron chi connectivity index (χ1n) is 26.5. The van der Waals surface area contributed by atoms with Gasteiger partial charge in [0.1, 0.15) is 43.2 Å². The van der Waals surface area contributed by atoms with Gasteiger partial charge in [-0.3, -0.25) is 18.6 Å². The molecule has 1 rings (SSSR count). The van der Waals surface area contributed by atoms with Gasteiger partial charge < -0.3 is 39.9 Å². The Morgan fingerprint density at radius 1 is 0.462 bits per heavy atom. The molecule has 0 aromatic heterocycles. The molecule has 1 aliphatic rings. The lowest BCUT2D eigenvalue weighted by atomic mass is 9.85. The number of aliphatic hydroxyl groups is 5. The second-order valence-corrected chi connectivity index (χ2v) is 20.1. The summed E-state index contributed by atoms with van der Waals surface area (Å²) in [6.07, 6.45) is 32.6. The molecule has 1 fully saturated rings. The van der Waals surface area contributed by atoms with E-state index in [4.69, 9.17) is 18.5 Å². The first kappa shape index (κ1) is 61.6. The summed E-state index contributed by atoms with van der Waals surface area (Å²) in [5, 5.41) is 50.3. The number of phosphoric ester groups is 1. The molecule has 0 aromatic carbocycles. The maximum absolute atomic E-state index is 12.8. The smallest absolute Gasteiger partial charge is 0.462 e. The van der Waals surface area contributed by atoms with Crippen LogP contribution in [0.25, 0.3) is 0 Å². The van der Waals surface area contributed by atoms with Crippen molar-refractivity contribution < 1.29 is 63.1 Å². The van der Waals surface area contributed by atoms with Crippen LogP contribution >= 0.6 is 7.82 Å². The lowest BCUT2D eigenvalue weighted by Crippen LogP contribution is -2.64. The Labute approximate surface area is 394 Å². The van der Waals surface area contributed by atoms with Crippen LogP contribution in [0.5, 0.6) is 0 Å². The van der Waals surface area contributed by atoms with Gasteiger partial charge in [-0.2, -0.15) is 0 Å². The topological polar surface area (TPSA) is 210 Å². The minimum Gasteiger partial charge on any atom is -0.462 e. The van der Waals surface area contributed by atoms with Crippen LogP contribution in [0.4, 0.5) is 0 Å². The SMILES string of the molecule is CCCCCCCCC/C=C\CCCCCCCC(=O)OC(COC(=O)CCCCCCCCCCCCCCCCCCCCCC)COP(=O)(O)OC1C(O)C(O)C(O)C(O)C1O. The number of allylic oxidation sites excluding steroid dienone is 2. The van der Waals surface area contributed by atoms with E-state index < -0.39 is 75.7 Å². The van der Waals surface area contributed by atoms with Crippen molar-refractivity contribution in [1.29, 1.82) is 0 Å². The Morgan fingerprint density at radius 3 is 1.17 bits per heavy atom. The predicted octanol–water partition coefficient (Wildman–Crippen LogP) is 11.4. The van der Waals surface area contributed by atoms with E-state index in [0.717, 1.165) is 57.8 Å². The molecule has 0 aromatic rings. The lowest BCUT2D eigenvalue weighted by molar-refractivity contribution is -0.220. The van der Waals surface area contributed by atoms with E-state index in [1.54, 1.807) is 0 Å². The standard InChI is InChI=1S/C51H97O13P/c1-3-5-7-9-11-13-15-17-19-21-22-23-24-26-27-29-31-33-35-37-39-44(52)61-41-43(42-62-65(59,60)64-51-49(57)47(55)46(54)48(56)50(51)58)63-45(53)40-38-36-34-32-30-28-25-20-18-16-14-12-10-8-6-4-2/h20,25,43,46-51,54-58H,3-19,21-24,26-42H2,1-2H3,(H,59,60)/b25-20-. The lowest BCUT2D eigenvalue weighted by Gasteiger charge is -2.41. The van der Waals surface area contributed by atoms with Gasteiger partial charge in [0, 0.05) is 12.8 Å². The average molecular weight is 949 g/mol. The van der Waals surface area contributed by atoms with Gasteiger partial charge in [-0.1, -0.05) is 206 Å². The molecule has 6 atom stereocenters. The van der Waals surface area contributed by atoms with Crippen LogP contribution in [0.1, 0.15) is 245 Å². The fourth-order valence-corrected chi connectivity index (χ4v) is 9.32. The molecule has 1 saturated carbocycles. The number of hydrogen-bond donors (Lipinski definition) is 6. The quantitative estimate of drug-likeness (QED) is 0.0145. The first-order valence-corrected chi connectivity index (χ1v) is 28.0. The zero-order valence-corrected chi connectivity index (χ0v) is 41.9. The number of ether oxygens (including phenoxy) is 2. The number of rotatable bonds is 45. The van der Waals surface area contributed by atoms with Gasteiger partial charge in [-0.15, -0.1) is 0 Å². The predicted molar refractivity (Wildman–Crippen MR) is 258 cm³/mol. The maximum atomic E-state index is 12.8. The summed E-state index contributed by atoms with van der Waals surface area (Å²) in [4.78, 5) is 35.8. The van der Waals surface area contributed by atoms with Crippen LogP contribution in [0.3, 0.4) is 0 Å². The molecule has 384 valence electrons. The molecule has 0 aliphatic heterocycles. The summed E-state index contributed by atoms with van der Waals surface area (Å²) in [5.41, 5.74) is 0. The number of aliphatic hydroxyl groups excluding tert-OH is 5. The minimum absolute atomic E-state index is 0.0913. The van der Waals surface area contributed by atoms with Crippen molar-refractivity contribution in [2.24, 2.45) is 0 Å². The maximum Gasteiger partial charge on any atom is 0.472 e. The van der Waals surface area contributed by atoms with Crippen molar-refractivity contribution in [3.63, 3.8) is 0 Å². The molecule has 0 saturated heterocycles. The summed E-state index contributed by atoms with van der Waals surface area (Å²) < 4.78 is 33.7. The van der Waals surface area contributed by atoms with Gasteiger partial charge in [0.25, 0.3) is 0 Å². The van der Waals surface area contributed by atoms with E-state index in [0.29, 0.717) is 12.8 Å². The van der Waals surface area contributed by atoms with E-state index in [1.807, 2.05) is 0 Å². The van der Waals surface area contributed by atoms with Crippen molar-refractivity contribution in [3.05, 3.63) is 12.2 Å². The molecule has 13 nitrogen and oxygen atoms in total. The summed E-state index contributed by atoms with van der Waals surface area (Å²) in [6.45, 7) is 3.33. The molecular formula is C51H97O13P. The van der Waals surface area contributed by atoms with Gasteiger partial charge >= 0.3 is 19.8 Å². The zero-order valence-electron chi connectivity index (χ0n) is 41.1. The highest BCUT2D eigenvalue weighted by atomic mass is 31.2. The Hall–Kier alpha value is -1.41. The fourth-order valence-electron chi connectivity index (χ4n) is 8.34. The Balaban J connectivity index is 2.37. The highest BCUT2D eigenvalue weighted by molar-refractivity contribution is 7.47. The van der Waals surface area contributed by atoms with Gasteiger partial charge in [0.2, 0.25) is 0 Å². The zero-order chi connectivity index (χ0) is 47.8. The van der Waals surface area contributed by atoms with Crippen molar-refractivity contribution >= 4 is 19.8 Å². The van der Waals surface area contributed by atoms with E-state index >= 15 is 0 Å². The third-order valence-electron chi connectivity index (χ3n) is 12.6. The molecule has 14 heteroatoms. The fraction of sp³-hybridized carbons (Fsp3) is 0.922. The molecule has 0 bridgehead atoms. The van der Waals surface area contributed by atoms with Crippen molar-refractivity contribution in [3.8, 4) is 0 Å². The third-order valence-corrected chi connectivity index (χ3v) is 13.6. The normalized spacial score (nSPS) is 21.4. The second kappa shape index (κ2) is 41.6. The van der Waals surface area contributed by atoms with Crippen LogP contribution in [0, 0.1) is 0 Å². The highest BCUT2D eigenvalue weighted by Crippen LogP contribution is 2.47. The van der Waals surface area contributed by atoms with Crippen molar-refractivity contribution in [2.45, 2.75) is 288 Å². The molecule has 65 heavy (non-hydrogen) atoms. The Kier molecular flexibility index (Phi) is 39.4. The average Bonchev–Trinajstić information content (AvgIpc) is 3.29. The van der Waals surface area contributed by atoms with Crippen molar-refractivity contribution in [2.75, 3.05) is 13.2 Å². The van der Waals surface area contributed by atoms with E-state index in [-0.39, 0.29) is 12.8 Å². The molecule has 0 heterocycles. The third kappa shape index (κ3) is 33.7. The van der Waals surface area contributed by atoms with Crippen LogP contribution < -0.4 is 0 Å². The van der Waals surface area contributed by atoms with Gasteiger partial charge in [-0.05, 0) is 38.5 Å². The van der Waals surface area contributed by atoms with Gasteiger partial charge in [0.05, 0.1) is 6.61 Å². The van der Waals surface area contributed by atoms with Crippen LogP contribution in [-0.4, -0.2) is 98.3 Å². The molecule has 0 spiro atoms. The Bertz CT molecular complexity index is 1190. The number of carbonyl (C=O) groups is 2. The van der Waals surface area contributed by atoms with Crippen molar-refractivity contribution in [1.82, 2.24) is 0 Å². The molecule has 1 aliphatic carbocycles. The van der Waals surface area contributed by atoms with Crippen LogP contribution in [0.2, 0.25) is 0 Å². The number of unbranched alkanes of at least 4 members (excludes halogenated alkanes) is 31. The van der Waals surface area contributed by atoms with E-state index in [9.17, 15) is 44.6 Å². The second-order valence-electron chi connectivity index (χ2n) is 18.7.